The number of fused-ring (bicyclic) bond motifs is 1. The number of para-hydroxylation sites is 2. The third-order valence-corrected chi connectivity index (χ3v) is 7.56. The summed E-state index contributed by atoms with van der Waals surface area (Å²) < 4.78 is 19.7. The topological polar surface area (TPSA) is 58.6 Å². The van der Waals surface area contributed by atoms with Gasteiger partial charge in [0, 0.05) is 11.6 Å². The smallest absolute Gasteiger partial charge is 0.294 e. The normalized spacial score (nSPS) is 22.4. The summed E-state index contributed by atoms with van der Waals surface area (Å²) in [6.45, 7) is 4.67. The van der Waals surface area contributed by atoms with Crippen LogP contribution in [0.1, 0.15) is 54.6 Å². The Bertz CT molecular complexity index is 1330. The molecule has 3 atom stereocenters. The second kappa shape index (κ2) is 10.6. The molecule has 190 valence electrons. The molecule has 1 aliphatic carbocycles. The number of halogens is 1. The second-order valence-corrected chi connectivity index (χ2v) is 10.1. The minimum Gasteiger partial charge on any atom is -0.449 e. The second-order valence-electron chi connectivity index (χ2n) is 10.1. The van der Waals surface area contributed by atoms with E-state index in [4.69, 9.17) is 4.74 Å². The summed E-state index contributed by atoms with van der Waals surface area (Å²) in [4.78, 5) is 27.9. The first-order valence-electron chi connectivity index (χ1n) is 12.8. The summed E-state index contributed by atoms with van der Waals surface area (Å²) in [6.07, 6.45) is 5.02. The van der Waals surface area contributed by atoms with Crippen LogP contribution in [0.5, 0.6) is 5.75 Å². The highest BCUT2D eigenvalue weighted by atomic mass is 19.1. The molecule has 0 saturated heterocycles. The standard InChI is InChI=1S/C31H31FN2O3/c1-20-7-5-10-26(21(20)2)33-30(35)24-15-13-22(14-16-24)18-29-31(36)34(19-23-8-6-9-25(32)17-23)27-11-3-4-12-28(27)37-29/h3-4,6,8-9,11-18,20-21,26H,5,7,10,19H2,1-2H3,(H,33,35). The van der Waals surface area contributed by atoms with Gasteiger partial charge in [-0.2, -0.15) is 0 Å². The highest BCUT2D eigenvalue weighted by Crippen LogP contribution is 2.36. The lowest BCUT2D eigenvalue weighted by Gasteiger charge is -2.34. The van der Waals surface area contributed by atoms with Gasteiger partial charge in [0.25, 0.3) is 11.8 Å². The molecule has 2 aliphatic rings. The van der Waals surface area contributed by atoms with E-state index in [1.165, 1.54) is 18.6 Å². The lowest BCUT2D eigenvalue weighted by Crippen LogP contribution is -2.43. The highest BCUT2D eigenvalue weighted by molar-refractivity contribution is 6.09. The number of carbonyl (C=O) groups is 2. The Kier molecular flexibility index (Phi) is 7.08. The summed E-state index contributed by atoms with van der Waals surface area (Å²) in [5.74, 6) is 1.03. The first-order valence-corrected chi connectivity index (χ1v) is 12.8. The molecule has 3 unspecified atom stereocenters. The number of hydrogen-bond donors (Lipinski definition) is 1. The van der Waals surface area contributed by atoms with Crippen molar-refractivity contribution >= 4 is 23.6 Å². The Morgan fingerprint density at radius 2 is 1.84 bits per heavy atom. The lowest BCUT2D eigenvalue weighted by atomic mass is 9.78. The first kappa shape index (κ1) is 24.8. The molecule has 1 aliphatic heterocycles. The van der Waals surface area contributed by atoms with Crippen molar-refractivity contribution in [2.24, 2.45) is 11.8 Å². The van der Waals surface area contributed by atoms with Gasteiger partial charge in [-0.25, -0.2) is 4.39 Å². The number of hydrogen-bond acceptors (Lipinski definition) is 3. The molecule has 5 nitrogen and oxygen atoms in total. The van der Waals surface area contributed by atoms with Gasteiger partial charge in [0.1, 0.15) is 5.82 Å². The van der Waals surface area contributed by atoms with Crippen LogP contribution in [0, 0.1) is 17.7 Å². The summed E-state index contributed by atoms with van der Waals surface area (Å²) in [5, 5.41) is 3.20. The fraction of sp³-hybridized carbons (Fsp3) is 0.290. The Morgan fingerprint density at radius 3 is 2.62 bits per heavy atom. The van der Waals surface area contributed by atoms with Crippen molar-refractivity contribution in [3.8, 4) is 5.75 Å². The number of nitrogens with one attached hydrogen (secondary N) is 1. The minimum atomic E-state index is -0.348. The molecule has 1 N–H and O–H groups in total. The fourth-order valence-electron chi connectivity index (χ4n) is 5.16. The summed E-state index contributed by atoms with van der Waals surface area (Å²) >= 11 is 0. The maximum absolute atomic E-state index is 13.8. The zero-order valence-corrected chi connectivity index (χ0v) is 21.1. The third kappa shape index (κ3) is 5.43. The van der Waals surface area contributed by atoms with Gasteiger partial charge in [0.15, 0.2) is 11.5 Å². The maximum Gasteiger partial charge on any atom is 0.294 e. The predicted octanol–water partition coefficient (Wildman–Crippen LogP) is 6.35. The van der Waals surface area contributed by atoms with Crippen molar-refractivity contribution in [1.29, 1.82) is 0 Å². The number of benzene rings is 3. The van der Waals surface area contributed by atoms with Crippen LogP contribution in [0.3, 0.4) is 0 Å². The van der Waals surface area contributed by atoms with Crippen LogP contribution in [0.2, 0.25) is 0 Å². The van der Waals surface area contributed by atoms with E-state index in [1.54, 1.807) is 41.3 Å². The van der Waals surface area contributed by atoms with E-state index in [0.29, 0.717) is 34.4 Å². The van der Waals surface area contributed by atoms with Crippen LogP contribution in [-0.4, -0.2) is 17.9 Å². The van der Waals surface area contributed by atoms with Crippen molar-refractivity contribution in [1.82, 2.24) is 5.32 Å². The van der Waals surface area contributed by atoms with E-state index in [2.05, 4.69) is 19.2 Å². The molecule has 1 saturated carbocycles. The van der Waals surface area contributed by atoms with Crippen LogP contribution in [0.15, 0.2) is 78.6 Å². The molecule has 0 radical (unpaired) electrons. The Labute approximate surface area is 217 Å². The Hall–Kier alpha value is -3.93. The molecule has 5 rings (SSSR count). The quantitative estimate of drug-likeness (QED) is 0.417. The molecule has 3 aromatic carbocycles. The first-order chi connectivity index (χ1) is 17.9. The number of anilines is 1. The van der Waals surface area contributed by atoms with Gasteiger partial charge in [-0.15, -0.1) is 0 Å². The molecule has 0 aromatic heterocycles. The molecule has 37 heavy (non-hydrogen) atoms. The van der Waals surface area contributed by atoms with Gasteiger partial charge in [-0.05, 0) is 71.9 Å². The van der Waals surface area contributed by atoms with Crippen molar-refractivity contribution in [3.63, 3.8) is 0 Å². The SMILES string of the molecule is CC1CCCC(NC(=O)c2ccc(C=C3Oc4ccccc4N(Cc4cccc(F)c4)C3=O)cc2)C1C. The molecular weight excluding hydrogens is 467 g/mol. The van der Waals surface area contributed by atoms with Gasteiger partial charge in [-0.3, -0.25) is 14.5 Å². The van der Waals surface area contributed by atoms with Crippen LogP contribution in [0.4, 0.5) is 10.1 Å². The number of carbonyl (C=O) groups excluding carboxylic acids is 2. The molecule has 6 heteroatoms. The van der Waals surface area contributed by atoms with E-state index in [9.17, 15) is 14.0 Å². The van der Waals surface area contributed by atoms with E-state index in [1.807, 2.05) is 30.3 Å². The molecule has 2 amide bonds. The Morgan fingerprint density at radius 1 is 1.05 bits per heavy atom. The van der Waals surface area contributed by atoms with E-state index in [0.717, 1.165) is 18.4 Å². The van der Waals surface area contributed by atoms with Gasteiger partial charge < -0.3 is 10.1 Å². The van der Waals surface area contributed by atoms with Crippen molar-refractivity contribution in [2.45, 2.75) is 45.7 Å². The van der Waals surface area contributed by atoms with Gasteiger partial charge in [0.2, 0.25) is 0 Å². The van der Waals surface area contributed by atoms with Crippen LogP contribution in [-0.2, 0) is 11.3 Å². The molecular formula is C31H31FN2O3. The van der Waals surface area contributed by atoms with Crippen molar-refractivity contribution < 1.29 is 18.7 Å². The van der Waals surface area contributed by atoms with Crippen molar-refractivity contribution in [3.05, 3.63) is 101 Å². The lowest BCUT2D eigenvalue weighted by molar-refractivity contribution is -0.117. The highest BCUT2D eigenvalue weighted by Gasteiger charge is 2.31. The summed E-state index contributed by atoms with van der Waals surface area (Å²) in [5.41, 5.74) is 2.64. The molecule has 1 heterocycles. The van der Waals surface area contributed by atoms with E-state index in [-0.39, 0.29) is 36.0 Å². The fourth-order valence-corrected chi connectivity index (χ4v) is 5.16. The number of ether oxygens (including phenoxy) is 1. The average molecular weight is 499 g/mol. The molecule has 0 spiro atoms. The zero-order valence-electron chi connectivity index (χ0n) is 21.1. The molecule has 1 fully saturated rings. The number of nitrogens with zero attached hydrogens (tertiary/aromatic N) is 1. The van der Waals surface area contributed by atoms with Crippen LogP contribution < -0.4 is 15.0 Å². The average Bonchev–Trinajstić information content (AvgIpc) is 2.89. The van der Waals surface area contributed by atoms with Gasteiger partial charge in [0.05, 0.1) is 12.2 Å². The summed E-state index contributed by atoms with van der Waals surface area (Å²) in [7, 11) is 0. The predicted molar refractivity (Wildman–Crippen MR) is 143 cm³/mol. The minimum absolute atomic E-state index is 0.0784. The maximum atomic E-state index is 13.8. The number of rotatable bonds is 5. The largest absolute Gasteiger partial charge is 0.449 e. The van der Waals surface area contributed by atoms with Crippen LogP contribution >= 0.6 is 0 Å². The monoisotopic (exact) mass is 498 g/mol. The summed E-state index contributed by atoms with van der Waals surface area (Å²) in [6, 6.07) is 20.9. The Balaban J connectivity index is 1.34. The van der Waals surface area contributed by atoms with E-state index >= 15 is 0 Å². The van der Waals surface area contributed by atoms with Crippen LogP contribution in [0.25, 0.3) is 6.08 Å². The number of amides is 2. The van der Waals surface area contributed by atoms with Crippen molar-refractivity contribution in [2.75, 3.05) is 4.90 Å². The van der Waals surface area contributed by atoms with Gasteiger partial charge in [-0.1, -0.05) is 63.1 Å². The zero-order chi connectivity index (χ0) is 25.9. The molecule has 0 bridgehead atoms. The third-order valence-electron chi connectivity index (χ3n) is 7.56. The molecule has 3 aromatic rings. The van der Waals surface area contributed by atoms with Gasteiger partial charge >= 0.3 is 0 Å². The van der Waals surface area contributed by atoms with E-state index < -0.39 is 0 Å².